The summed E-state index contributed by atoms with van der Waals surface area (Å²) in [5.74, 6) is 0. The highest BCUT2D eigenvalue weighted by molar-refractivity contribution is 6.22. The summed E-state index contributed by atoms with van der Waals surface area (Å²) in [6, 6.07) is 106. The van der Waals surface area contributed by atoms with Crippen molar-refractivity contribution in [2.75, 3.05) is 4.90 Å². The van der Waals surface area contributed by atoms with Crippen LogP contribution in [0.4, 0.5) is 17.1 Å². The van der Waals surface area contributed by atoms with E-state index in [4.69, 9.17) is 0 Å². The van der Waals surface area contributed by atoms with E-state index < -0.39 is 5.41 Å². The molecule has 0 heterocycles. The van der Waals surface area contributed by atoms with Gasteiger partial charge >= 0.3 is 0 Å². The highest BCUT2D eigenvalue weighted by Crippen LogP contribution is 2.57. The first-order valence-corrected chi connectivity index (χ1v) is 25.0. The molecule has 0 spiro atoms. The Morgan fingerprint density at radius 2 is 0.750 bits per heavy atom. The third-order valence-corrected chi connectivity index (χ3v) is 15.3. The Morgan fingerprint density at radius 3 is 1.46 bits per heavy atom. The van der Waals surface area contributed by atoms with Gasteiger partial charge in [-0.15, -0.1) is 0 Å². The first-order valence-electron chi connectivity index (χ1n) is 25.0. The third kappa shape index (κ3) is 6.48. The smallest absolute Gasteiger partial charge is 0.0714 e. The maximum atomic E-state index is 2.48. The SMILES string of the molecule is c1ccc(-c2c(-c3ccccc3)c3cc(-c4ccc(N(c5ccc6c(c5)C(c5ccccc5)(c5ccccc5)c5ccccc5-6)c5cccc6c5ccc5ccccc56)cc4)ccc3c3ccccc23)cc1. The van der Waals surface area contributed by atoms with Gasteiger partial charge in [0, 0.05) is 16.8 Å². The van der Waals surface area contributed by atoms with Gasteiger partial charge in [-0.25, -0.2) is 0 Å². The fraction of sp³-hybridized carbons (Fsp3) is 0.0141. The lowest BCUT2D eigenvalue weighted by Crippen LogP contribution is -2.28. The number of hydrogen-bond acceptors (Lipinski definition) is 1. The molecule has 0 saturated carbocycles. The van der Waals surface area contributed by atoms with E-state index in [2.05, 4.69) is 290 Å². The molecule has 0 N–H and O–H groups in total. The van der Waals surface area contributed by atoms with E-state index in [0.29, 0.717) is 0 Å². The minimum Gasteiger partial charge on any atom is -0.310 e. The van der Waals surface area contributed by atoms with Crippen molar-refractivity contribution in [1.29, 1.82) is 0 Å². The standard InChI is InChI=1S/C71H47N/c1-5-21-50(22-6-1)69-64-32-16-15-30-59(64)60-43-39-52(46-65(60)70(69)51-23-7-2-8-24-51)48-36-40-55(41-37-48)72(68-35-19-33-58-57-29-14-13-20-49(57)38-44-63(58)68)56-42-45-62-61-31-17-18-34-66(61)71(67(62)47-56,53-25-9-3-10-26-53)54-27-11-4-12-28-54/h1-47H. The van der Waals surface area contributed by atoms with Gasteiger partial charge in [0.05, 0.1) is 11.1 Å². The molecule has 1 aliphatic rings. The summed E-state index contributed by atoms with van der Waals surface area (Å²) in [5, 5.41) is 9.92. The second kappa shape index (κ2) is 17.0. The van der Waals surface area contributed by atoms with Crippen LogP contribution in [0.5, 0.6) is 0 Å². The number of rotatable bonds is 8. The Labute approximate surface area is 420 Å². The summed E-state index contributed by atoms with van der Waals surface area (Å²) in [4.78, 5) is 2.48. The summed E-state index contributed by atoms with van der Waals surface area (Å²) in [6.07, 6.45) is 0. The molecule has 0 saturated heterocycles. The highest BCUT2D eigenvalue weighted by atomic mass is 15.1. The molecule has 0 fully saturated rings. The molecule has 0 atom stereocenters. The van der Waals surface area contributed by atoms with Crippen molar-refractivity contribution < 1.29 is 0 Å². The molecule has 0 bridgehead atoms. The van der Waals surface area contributed by atoms with Crippen LogP contribution in [0.1, 0.15) is 22.3 Å². The largest absolute Gasteiger partial charge is 0.310 e. The predicted molar refractivity (Wildman–Crippen MR) is 305 cm³/mol. The molecule has 336 valence electrons. The van der Waals surface area contributed by atoms with Gasteiger partial charge in [0.2, 0.25) is 0 Å². The first kappa shape index (κ1) is 41.7. The van der Waals surface area contributed by atoms with Crippen LogP contribution in [0.3, 0.4) is 0 Å². The first-order chi connectivity index (χ1) is 35.7. The van der Waals surface area contributed by atoms with Crippen LogP contribution in [0.25, 0.3) is 87.6 Å². The monoisotopic (exact) mass is 913 g/mol. The minimum atomic E-state index is -0.532. The highest BCUT2D eigenvalue weighted by Gasteiger charge is 2.46. The molecule has 1 aliphatic carbocycles. The molecular formula is C71H47N. The lowest BCUT2D eigenvalue weighted by Gasteiger charge is -2.35. The Balaban J connectivity index is 0.981. The zero-order valence-corrected chi connectivity index (χ0v) is 39.6. The number of hydrogen-bond donors (Lipinski definition) is 0. The van der Waals surface area contributed by atoms with E-state index in [0.717, 1.165) is 22.6 Å². The zero-order chi connectivity index (χ0) is 47.6. The second-order valence-corrected chi connectivity index (χ2v) is 19.1. The normalized spacial score (nSPS) is 12.6. The molecule has 0 aliphatic heterocycles. The van der Waals surface area contributed by atoms with Crippen LogP contribution in [-0.2, 0) is 5.41 Å². The van der Waals surface area contributed by atoms with Crippen molar-refractivity contribution in [2.24, 2.45) is 0 Å². The summed E-state index contributed by atoms with van der Waals surface area (Å²) >= 11 is 0. The van der Waals surface area contributed by atoms with Crippen LogP contribution >= 0.6 is 0 Å². The number of anilines is 3. The van der Waals surface area contributed by atoms with E-state index in [9.17, 15) is 0 Å². The maximum Gasteiger partial charge on any atom is 0.0714 e. The molecular weight excluding hydrogens is 867 g/mol. The molecule has 14 rings (SSSR count). The van der Waals surface area contributed by atoms with Crippen LogP contribution in [0, 0.1) is 0 Å². The van der Waals surface area contributed by atoms with Crippen LogP contribution in [0.2, 0.25) is 0 Å². The quantitative estimate of drug-likeness (QED) is 0.137. The Hall–Kier alpha value is -9.30. The topological polar surface area (TPSA) is 3.24 Å². The summed E-state index contributed by atoms with van der Waals surface area (Å²) < 4.78 is 0. The average molecular weight is 914 g/mol. The average Bonchev–Trinajstić information content (AvgIpc) is 3.76. The Morgan fingerprint density at radius 1 is 0.250 bits per heavy atom. The van der Waals surface area contributed by atoms with Gasteiger partial charge < -0.3 is 4.90 Å². The molecule has 0 radical (unpaired) electrons. The summed E-state index contributed by atoms with van der Waals surface area (Å²) in [5.41, 5.74) is 17.7. The van der Waals surface area contributed by atoms with E-state index in [-0.39, 0.29) is 0 Å². The van der Waals surface area contributed by atoms with Crippen molar-refractivity contribution >= 4 is 60.2 Å². The lowest BCUT2D eigenvalue weighted by atomic mass is 9.67. The third-order valence-electron chi connectivity index (χ3n) is 15.3. The molecule has 0 aromatic heterocycles. The zero-order valence-electron chi connectivity index (χ0n) is 39.6. The predicted octanol–water partition coefficient (Wildman–Crippen LogP) is 19.1. The van der Waals surface area contributed by atoms with Crippen molar-refractivity contribution in [3.05, 3.63) is 307 Å². The van der Waals surface area contributed by atoms with Gasteiger partial charge in [0.15, 0.2) is 0 Å². The lowest BCUT2D eigenvalue weighted by molar-refractivity contribution is 0.768. The fourth-order valence-corrected chi connectivity index (χ4v) is 12.2. The van der Waals surface area contributed by atoms with E-state index >= 15 is 0 Å². The van der Waals surface area contributed by atoms with E-state index in [1.54, 1.807) is 0 Å². The molecule has 0 amide bonds. The van der Waals surface area contributed by atoms with Crippen LogP contribution in [0.15, 0.2) is 285 Å². The van der Waals surface area contributed by atoms with Crippen molar-refractivity contribution in [1.82, 2.24) is 0 Å². The minimum absolute atomic E-state index is 0.532. The van der Waals surface area contributed by atoms with Crippen molar-refractivity contribution in [2.45, 2.75) is 5.41 Å². The maximum absolute atomic E-state index is 2.48. The van der Waals surface area contributed by atoms with Gasteiger partial charge in [-0.05, 0) is 141 Å². The molecule has 72 heavy (non-hydrogen) atoms. The number of benzene rings is 13. The van der Waals surface area contributed by atoms with Gasteiger partial charge in [-0.3, -0.25) is 0 Å². The molecule has 1 heteroatoms. The van der Waals surface area contributed by atoms with Crippen molar-refractivity contribution in [3.63, 3.8) is 0 Å². The summed E-state index contributed by atoms with van der Waals surface area (Å²) in [6.45, 7) is 0. The second-order valence-electron chi connectivity index (χ2n) is 19.1. The molecule has 1 nitrogen and oxygen atoms in total. The molecule has 13 aromatic rings. The van der Waals surface area contributed by atoms with Gasteiger partial charge in [-0.1, -0.05) is 249 Å². The molecule has 13 aromatic carbocycles. The Bertz CT molecular complexity index is 4140. The van der Waals surface area contributed by atoms with Gasteiger partial charge in [-0.2, -0.15) is 0 Å². The van der Waals surface area contributed by atoms with Crippen molar-refractivity contribution in [3.8, 4) is 44.5 Å². The van der Waals surface area contributed by atoms with Crippen LogP contribution < -0.4 is 4.90 Å². The van der Waals surface area contributed by atoms with E-state index in [1.807, 2.05) is 0 Å². The number of nitrogens with zero attached hydrogens (tertiary/aromatic N) is 1. The van der Waals surface area contributed by atoms with Crippen LogP contribution in [-0.4, -0.2) is 0 Å². The fourth-order valence-electron chi connectivity index (χ4n) is 12.2. The van der Waals surface area contributed by atoms with Gasteiger partial charge in [0.25, 0.3) is 0 Å². The molecule has 0 unspecified atom stereocenters. The van der Waals surface area contributed by atoms with E-state index in [1.165, 1.54) is 104 Å². The Kier molecular flexibility index (Phi) is 9.82. The number of fused-ring (bicyclic) bond motifs is 9. The van der Waals surface area contributed by atoms with Gasteiger partial charge in [0.1, 0.15) is 0 Å². The summed E-state index contributed by atoms with van der Waals surface area (Å²) in [7, 11) is 0.